The first-order valence-corrected chi connectivity index (χ1v) is 10.6. The van der Waals surface area contributed by atoms with Crippen molar-refractivity contribution in [2.24, 2.45) is 5.92 Å². The summed E-state index contributed by atoms with van der Waals surface area (Å²) in [6, 6.07) is 7.41. The smallest absolute Gasteiger partial charge is 0.313 e. The minimum Gasteiger partial charge on any atom is -0.383 e. The lowest BCUT2D eigenvalue weighted by Gasteiger charge is -2.39. The highest BCUT2D eigenvalue weighted by Crippen LogP contribution is 2.36. The topological polar surface area (TPSA) is 117 Å². The van der Waals surface area contributed by atoms with E-state index in [1.54, 1.807) is 17.9 Å². The van der Waals surface area contributed by atoms with Crippen molar-refractivity contribution in [1.29, 1.82) is 0 Å². The molecule has 2 aliphatic rings. The lowest BCUT2D eigenvalue weighted by Crippen LogP contribution is -2.46. The number of likely N-dealkylation sites (tertiary alicyclic amines) is 1. The van der Waals surface area contributed by atoms with Crippen LogP contribution < -0.4 is 16.4 Å². The summed E-state index contributed by atoms with van der Waals surface area (Å²) in [6.07, 6.45) is 4.34. The second kappa shape index (κ2) is 8.37. The van der Waals surface area contributed by atoms with Gasteiger partial charge in [0.2, 0.25) is 5.91 Å². The first kappa shape index (κ1) is 20.8. The van der Waals surface area contributed by atoms with E-state index in [0.717, 1.165) is 35.2 Å². The number of piperidine rings is 1. The molecule has 31 heavy (non-hydrogen) atoms. The fourth-order valence-corrected chi connectivity index (χ4v) is 4.30. The minimum atomic E-state index is -0.685. The van der Waals surface area contributed by atoms with Crippen LogP contribution in [-0.2, 0) is 20.8 Å². The third kappa shape index (κ3) is 4.38. The van der Waals surface area contributed by atoms with Crippen molar-refractivity contribution >= 4 is 34.9 Å². The number of amides is 3. The Morgan fingerprint density at radius 1 is 1.23 bits per heavy atom. The largest absolute Gasteiger partial charge is 0.383 e. The summed E-state index contributed by atoms with van der Waals surface area (Å²) in [5, 5.41) is 5.54. The number of carbonyl (C=O) groups is 3. The molecule has 0 bridgehead atoms. The Bertz CT molecular complexity index is 1050. The molecule has 3 heterocycles. The lowest BCUT2D eigenvalue weighted by atomic mass is 9.88. The first-order valence-electron chi connectivity index (χ1n) is 10.6. The monoisotopic (exact) mass is 421 g/mol. The maximum absolute atomic E-state index is 13.1. The minimum absolute atomic E-state index is 0.0209. The molecule has 2 aliphatic heterocycles. The fourth-order valence-electron chi connectivity index (χ4n) is 4.30. The maximum Gasteiger partial charge on any atom is 0.313 e. The van der Waals surface area contributed by atoms with Gasteiger partial charge in [-0.3, -0.25) is 14.4 Å². The number of hydrogen-bond donors (Lipinski definition) is 3. The SMILES string of the molecule is Cc1cc(NC(=O)C(=O)N2C[C@H](C)CC[C@@H]2c2ccc3c(c2)CCC(=O)N3)cnc1N. The van der Waals surface area contributed by atoms with Crippen molar-refractivity contribution in [2.45, 2.75) is 45.6 Å². The molecular formula is C23H27N5O3. The maximum atomic E-state index is 13.1. The van der Waals surface area contributed by atoms with E-state index in [1.165, 1.54) is 6.20 Å². The number of aromatic nitrogens is 1. The quantitative estimate of drug-likeness (QED) is 0.645. The highest BCUT2D eigenvalue weighted by atomic mass is 16.2. The summed E-state index contributed by atoms with van der Waals surface area (Å²) in [7, 11) is 0. The number of aryl methyl sites for hydroxylation is 2. The normalized spacial score (nSPS) is 20.6. The molecule has 1 fully saturated rings. The van der Waals surface area contributed by atoms with Crippen LogP contribution in [0.15, 0.2) is 30.5 Å². The molecule has 0 spiro atoms. The zero-order chi connectivity index (χ0) is 22.1. The number of pyridine rings is 1. The molecule has 4 N–H and O–H groups in total. The number of fused-ring (bicyclic) bond motifs is 1. The molecule has 0 radical (unpaired) electrons. The summed E-state index contributed by atoms with van der Waals surface area (Å²) in [5.41, 5.74) is 9.79. The molecule has 0 saturated carbocycles. The van der Waals surface area contributed by atoms with Gasteiger partial charge in [-0.1, -0.05) is 19.1 Å². The van der Waals surface area contributed by atoms with Gasteiger partial charge < -0.3 is 21.3 Å². The molecule has 0 aliphatic carbocycles. The number of carbonyl (C=O) groups excluding carboxylic acids is 3. The molecule has 2 atom stereocenters. The van der Waals surface area contributed by atoms with Gasteiger partial charge in [0.05, 0.1) is 17.9 Å². The average molecular weight is 422 g/mol. The Hall–Kier alpha value is -3.42. The van der Waals surface area contributed by atoms with Gasteiger partial charge in [0.25, 0.3) is 0 Å². The van der Waals surface area contributed by atoms with Crippen LogP contribution in [0.1, 0.15) is 48.9 Å². The van der Waals surface area contributed by atoms with E-state index < -0.39 is 11.8 Å². The second-order valence-electron chi connectivity index (χ2n) is 8.50. The van der Waals surface area contributed by atoms with Crippen molar-refractivity contribution in [3.63, 3.8) is 0 Å². The number of hydrogen-bond acceptors (Lipinski definition) is 5. The summed E-state index contributed by atoms with van der Waals surface area (Å²) >= 11 is 0. The van der Waals surface area contributed by atoms with Gasteiger partial charge >= 0.3 is 11.8 Å². The number of nitrogen functional groups attached to an aromatic ring is 1. The Labute approximate surface area is 181 Å². The summed E-state index contributed by atoms with van der Waals surface area (Å²) in [5.74, 6) is -0.525. The van der Waals surface area contributed by atoms with Gasteiger partial charge in [-0.25, -0.2) is 4.98 Å². The summed E-state index contributed by atoms with van der Waals surface area (Å²) in [4.78, 5) is 43.2. The van der Waals surface area contributed by atoms with Gasteiger partial charge in [0.15, 0.2) is 0 Å². The van der Waals surface area contributed by atoms with E-state index in [0.29, 0.717) is 36.8 Å². The first-order chi connectivity index (χ1) is 14.8. The third-order valence-electron chi connectivity index (χ3n) is 6.06. The van der Waals surface area contributed by atoms with Crippen LogP contribution in [-0.4, -0.2) is 34.2 Å². The predicted octanol–water partition coefficient (Wildman–Crippen LogP) is 2.80. The Morgan fingerprint density at radius 2 is 2.03 bits per heavy atom. The number of nitrogens with one attached hydrogen (secondary N) is 2. The molecule has 1 aromatic heterocycles. The van der Waals surface area contributed by atoms with Crippen LogP contribution in [0.5, 0.6) is 0 Å². The molecule has 1 aromatic carbocycles. The Balaban J connectivity index is 1.55. The van der Waals surface area contributed by atoms with Gasteiger partial charge in [-0.2, -0.15) is 0 Å². The molecule has 4 rings (SSSR count). The van der Waals surface area contributed by atoms with E-state index in [2.05, 4.69) is 28.6 Å². The van der Waals surface area contributed by atoms with Crippen LogP contribution >= 0.6 is 0 Å². The Morgan fingerprint density at radius 3 is 2.81 bits per heavy atom. The van der Waals surface area contributed by atoms with Crippen LogP contribution in [0.2, 0.25) is 0 Å². The van der Waals surface area contributed by atoms with Crippen molar-refractivity contribution in [2.75, 3.05) is 22.9 Å². The van der Waals surface area contributed by atoms with Gasteiger partial charge in [0.1, 0.15) is 5.82 Å². The molecule has 8 nitrogen and oxygen atoms in total. The van der Waals surface area contributed by atoms with Crippen molar-refractivity contribution in [1.82, 2.24) is 9.88 Å². The molecular weight excluding hydrogens is 394 g/mol. The highest BCUT2D eigenvalue weighted by molar-refractivity contribution is 6.39. The van der Waals surface area contributed by atoms with Crippen LogP contribution in [0.4, 0.5) is 17.2 Å². The predicted molar refractivity (Wildman–Crippen MR) is 118 cm³/mol. The fraction of sp³-hybridized carbons (Fsp3) is 0.391. The zero-order valence-electron chi connectivity index (χ0n) is 17.8. The van der Waals surface area contributed by atoms with E-state index in [4.69, 9.17) is 5.73 Å². The molecule has 8 heteroatoms. The van der Waals surface area contributed by atoms with Crippen molar-refractivity contribution < 1.29 is 14.4 Å². The van der Waals surface area contributed by atoms with Gasteiger partial charge in [0, 0.05) is 18.7 Å². The number of rotatable bonds is 2. The van der Waals surface area contributed by atoms with Gasteiger partial charge in [-0.05, 0) is 60.9 Å². The van der Waals surface area contributed by atoms with Crippen molar-refractivity contribution in [3.8, 4) is 0 Å². The summed E-state index contributed by atoms with van der Waals surface area (Å²) < 4.78 is 0. The van der Waals surface area contributed by atoms with Crippen LogP contribution in [0.3, 0.4) is 0 Å². The summed E-state index contributed by atoms with van der Waals surface area (Å²) in [6.45, 7) is 4.40. The number of anilines is 3. The lowest BCUT2D eigenvalue weighted by molar-refractivity contribution is -0.146. The third-order valence-corrected chi connectivity index (χ3v) is 6.06. The second-order valence-corrected chi connectivity index (χ2v) is 8.50. The molecule has 1 saturated heterocycles. The molecule has 162 valence electrons. The van der Waals surface area contributed by atoms with E-state index in [9.17, 15) is 14.4 Å². The van der Waals surface area contributed by atoms with E-state index in [-0.39, 0.29) is 11.9 Å². The van der Waals surface area contributed by atoms with E-state index >= 15 is 0 Å². The van der Waals surface area contributed by atoms with E-state index in [1.807, 2.05) is 12.1 Å². The number of benzene rings is 1. The Kier molecular flexibility index (Phi) is 5.63. The molecule has 3 amide bonds. The molecule has 0 unspecified atom stereocenters. The molecule has 2 aromatic rings. The van der Waals surface area contributed by atoms with Crippen LogP contribution in [0, 0.1) is 12.8 Å². The number of nitrogens with zero attached hydrogens (tertiary/aromatic N) is 2. The number of nitrogens with two attached hydrogens (primary N) is 1. The van der Waals surface area contributed by atoms with Crippen LogP contribution in [0.25, 0.3) is 0 Å². The highest BCUT2D eigenvalue weighted by Gasteiger charge is 2.34. The van der Waals surface area contributed by atoms with Crippen molar-refractivity contribution in [3.05, 3.63) is 47.2 Å². The van der Waals surface area contributed by atoms with Gasteiger partial charge in [-0.15, -0.1) is 0 Å². The standard InChI is InChI=1S/C23H27N5O3/c1-13-3-7-19(16-4-6-18-15(10-16)5-8-20(29)27-18)28(12-13)23(31)22(30)26-17-9-14(2)21(24)25-11-17/h4,6,9-11,13,19H,3,5,7-8,12H2,1-2H3,(H2,24,25)(H,26,30)(H,27,29)/t13-,19-/m1/s1. The average Bonchev–Trinajstić information content (AvgIpc) is 2.75. The zero-order valence-corrected chi connectivity index (χ0v) is 17.8.